The van der Waals surface area contributed by atoms with Gasteiger partial charge >= 0.3 is 5.97 Å². The van der Waals surface area contributed by atoms with Crippen LogP contribution in [0.5, 0.6) is 0 Å². The number of likely N-dealkylation sites (tertiary alicyclic amines) is 1. The van der Waals surface area contributed by atoms with E-state index in [9.17, 15) is 9.59 Å². The first-order valence-corrected chi connectivity index (χ1v) is 10.9. The van der Waals surface area contributed by atoms with Crippen LogP contribution < -0.4 is 11.1 Å². The topological polar surface area (TPSA) is 109 Å². The van der Waals surface area contributed by atoms with E-state index in [0.717, 1.165) is 37.2 Å². The van der Waals surface area contributed by atoms with Gasteiger partial charge in [0.1, 0.15) is 5.84 Å². The number of esters is 1. The summed E-state index contributed by atoms with van der Waals surface area (Å²) in [6, 6.07) is 12.6. The predicted molar refractivity (Wildman–Crippen MR) is 130 cm³/mol. The number of benzene rings is 2. The standard InChI is InChI=1S/C26H28N4O3/c1-2-33-24(31)14-10-21-18-19(7-13-23(21)26(32)30-16-3-4-17-30)6-5-15-29-22-11-8-20(9-12-22)25(27)28/h7-14,18,29H,2-4,15-17H2,1H3,(H3,27,28)/b14-10+. The first-order valence-electron chi connectivity index (χ1n) is 10.9. The Balaban J connectivity index is 1.74. The zero-order chi connectivity index (χ0) is 23.6. The Hall–Kier alpha value is -4.05. The van der Waals surface area contributed by atoms with Crippen LogP contribution in [0.4, 0.5) is 5.69 Å². The molecule has 7 nitrogen and oxygen atoms in total. The third-order valence-electron chi connectivity index (χ3n) is 5.17. The number of rotatable bonds is 7. The van der Waals surface area contributed by atoms with Gasteiger partial charge in [-0.05, 0) is 73.9 Å². The lowest BCUT2D eigenvalue weighted by Crippen LogP contribution is -2.28. The molecule has 2 aromatic carbocycles. The fraction of sp³-hybridized carbons (Fsp3) is 0.269. The summed E-state index contributed by atoms with van der Waals surface area (Å²) < 4.78 is 4.96. The second-order valence-electron chi connectivity index (χ2n) is 7.53. The molecule has 1 heterocycles. The van der Waals surface area contributed by atoms with Gasteiger partial charge in [0.15, 0.2) is 0 Å². The number of anilines is 1. The smallest absolute Gasteiger partial charge is 0.330 e. The van der Waals surface area contributed by atoms with E-state index in [2.05, 4.69) is 17.2 Å². The van der Waals surface area contributed by atoms with Crippen LogP contribution in [-0.4, -0.2) is 48.9 Å². The molecule has 0 saturated carbocycles. The summed E-state index contributed by atoms with van der Waals surface area (Å²) in [6.07, 6.45) is 4.96. The molecule has 1 saturated heterocycles. The summed E-state index contributed by atoms with van der Waals surface area (Å²) in [6.45, 7) is 3.96. The average molecular weight is 445 g/mol. The fourth-order valence-corrected chi connectivity index (χ4v) is 3.47. The van der Waals surface area contributed by atoms with Gasteiger partial charge in [-0.15, -0.1) is 0 Å². The maximum Gasteiger partial charge on any atom is 0.330 e. The van der Waals surface area contributed by atoms with Crippen molar-refractivity contribution in [2.45, 2.75) is 19.8 Å². The van der Waals surface area contributed by atoms with E-state index in [4.69, 9.17) is 15.9 Å². The van der Waals surface area contributed by atoms with Crippen LogP contribution in [0.15, 0.2) is 48.5 Å². The monoisotopic (exact) mass is 444 g/mol. The summed E-state index contributed by atoms with van der Waals surface area (Å²) in [5.41, 5.74) is 8.93. The molecule has 1 fully saturated rings. The number of nitrogens with two attached hydrogens (primary N) is 1. The molecule has 1 amide bonds. The second-order valence-corrected chi connectivity index (χ2v) is 7.53. The highest BCUT2D eigenvalue weighted by molar-refractivity contribution is 5.99. The van der Waals surface area contributed by atoms with Crippen molar-refractivity contribution in [2.24, 2.45) is 5.73 Å². The van der Waals surface area contributed by atoms with Crippen molar-refractivity contribution >= 4 is 29.5 Å². The maximum atomic E-state index is 12.9. The molecule has 7 heteroatoms. The summed E-state index contributed by atoms with van der Waals surface area (Å²) in [5, 5.41) is 10.6. The van der Waals surface area contributed by atoms with Crippen molar-refractivity contribution in [3.63, 3.8) is 0 Å². The lowest BCUT2D eigenvalue weighted by Gasteiger charge is -2.17. The van der Waals surface area contributed by atoms with Crippen molar-refractivity contribution in [1.82, 2.24) is 4.90 Å². The third kappa shape index (κ3) is 6.71. The highest BCUT2D eigenvalue weighted by atomic mass is 16.5. The Morgan fingerprint density at radius 3 is 2.58 bits per heavy atom. The van der Waals surface area contributed by atoms with Crippen LogP contribution in [0.3, 0.4) is 0 Å². The van der Waals surface area contributed by atoms with Gasteiger partial charge in [0.2, 0.25) is 0 Å². The number of nitrogen functional groups attached to an aromatic ring is 1. The number of hydrogen-bond donors (Lipinski definition) is 3. The zero-order valence-corrected chi connectivity index (χ0v) is 18.7. The molecule has 0 unspecified atom stereocenters. The van der Waals surface area contributed by atoms with E-state index in [1.807, 2.05) is 29.2 Å². The van der Waals surface area contributed by atoms with E-state index in [0.29, 0.717) is 29.8 Å². The molecule has 33 heavy (non-hydrogen) atoms. The SMILES string of the molecule is CCOC(=O)/C=C/c1cc(C#CCNc2ccc(C(=N)N)cc2)ccc1C(=O)N1CCCC1. The Bertz CT molecular complexity index is 1100. The molecule has 0 radical (unpaired) electrons. The summed E-state index contributed by atoms with van der Waals surface area (Å²) in [5.74, 6) is 5.70. The van der Waals surface area contributed by atoms with Gasteiger partial charge in [0, 0.05) is 41.5 Å². The van der Waals surface area contributed by atoms with Gasteiger partial charge in [-0.25, -0.2) is 4.79 Å². The molecule has 0 spiro atoms. The molecule has 1 aliphatic heterocycles. The van der Waals surface area contributed by atoms with Gasteiger partial charge < -0.3 is 20.7 Å². The van der Waals surface area contributed by atoms with Crippen molar-refractivity contribution < 1.29 is 14.3 Å². The first-order chi connectivity index (χ1) is 16.0. The Labute approximate surface area is 194 Å². The van der Waals surface area contributed by atoms with Crippen LogP contribution >= 0.6 is 0 Å². The summed E-state index contributed by atoms with van der Waals surface area (Å²) in [7, 11) is 0. The van der Waals surface area contributed by atoms with E-state index >= 15 is 0 Å². The summed E-state index contributed by atoms with van der Waals surface area (Å²) in [4.78, 5) is 26.6. The largest absolute Gasteiger partial charge is 0.463 e. The van der Waals surface area contributed by atoms with Crippen LogP contribution in [0, 0.1) is 17.3 Å². The van der Waals surface area contributed by atoms with Gasteiger partial charge in [-0.1, -0.05) is 11.8 Å². The van der Waals surface area contributed by atoms with Gasteiger partial charge in [-0.2, -0.15) is 0 Å². The van der Waals surface area contributed by atoms with Crippen LogP contribution in [0.2, 0.25) is 0 Å². The van der Waals surface area contributed by atoms with E-state index < -0.39 is 5.97 Å². The molecule has 0 aliphatic carbocycles. The number of amidine groups is 1. The number of ether oxygens (including phenoxy) is 1. The third-order valence-corrected chi connectivity index (χ3v) is 5.17. The quantitative estimate of drug-likeness (QED) is 0.200. The Morgan fingerprint density at radius 2 is 1.91 bits per heavy atom. The minimum Gasteiger partial charge on any atom is -0.463 e. The molecule has 4 N–H and O–H groups in total. The Kier molecular flexibility index (Phi) is 8.25. The van der Waals surface area contributed by atoms with E-state index in [-0.39, 0.29) is 11.7 Å². The maximum absolute atomic E-state index is 12.9. The fourth-order valence-electron chi connectivity index (χ4n) is 3.47. The van der Waals surface area contributed by atoms with Gasteiger partial charge in [-0.3, -0.25) is 10.2 Å². The molecule has 170 valence electrons. The number of carbonyl (C=O) groups excluding carboxylic acids is 2. The lowest BCUT2D eigenvalue weighted by atomic mass is 10.0. The average Bonchev–Trinajstić information content (AvgIpc) is 3.36. The molecular weight excluding hydrogens is 416 g/mol. The highest BCUT2D eigenvalue weighted by Gasteiger charge is 2.21. The van der Waals surface area contributed by atoms with E-state index in [1.165, 1.54) is 6.08 Å². The van der Waals surface area contributed by atoms with Crippen molar-refractivity contribution in [3.8, 4) is 11.8 Å². The molecule has 0 bridgehead atoms. The highest BCUT2D eigenvalue weighted by Crippen LogP contribution is 2.19. The first kappa shape index (κ1) is 23.6. The number of nitrogens with zero attached hydrogens (tertiary/aromatic N) is 1. The van der Waals surface area contributed by atoms with Crippen molar-refractivity contribution in [2.75, 3.05) is 31.6 Å². The number of amides is 1. The molecule has 3 rings (SSSR count). The number of nitrogens with one attached hydrogen (secondary N) is 2. The van der Waals surface area contributed by atoms with Gasteiger partial charge in [0.25, 0.3) is 5.91 Å². The Morgan fingerprint density at radius 1 is 1.18 bits per heavy atom. The predicted octanol–water partition coefficient (Wildman–Crippen LogP) is 3.25. The van der Waals surface area contributed by atoms with Gasteiger partial charge in [0.05, 0.1) is 13.2 Å². The molecule has 2 aromatic rings. The van der Waals surface area contributed by atoms with Crippen molar-refractivity contribution in [3.05, 3.63) is 70.8 Å². The number of carbonyl (C=O) groups is 2. The van der Waals surface area contributed by atoms with Crippen molar-refractivity contribution in [1.29, 1.82) is 5.41 Å². The second kappa shape index (κ2) is 11.5. The molecule has 1 aliphatic rings. The van der Waals surface area contributed by atoms with E-state index in [1.54, 1.807) is 31.2 Å². The van der Waals surface area contributed by atoms with Crippen LogP contribution in [0.1, 0.15) is 46.8 Å². The van der Waals surface area contributed by atoms with Crippen LogP contribution in [-0.2, 0) is 9.53 Å². The zero-order valence-electron chi connectivity index (χ0n) is 18.7. The molecule has 0 aromatic heterocycles. The summed E-state index contributed by atoms with van der Waals surface area (Å²) >= 11 is 0. The molecular formula is C26H28N4O3. The normalized spacial score (nSPS) is 12.8. The minimum absolute atomic E-state index is 0.0285. The number of hydrogen-bond acceptors (Lipinski definition) is 5. The molecule has 0 atom stereocenters. The minimum atomic E-state index is -0.450. The lowest BCUT2D eigenvalue weighted by molar-refractivity contribution is -0.137. The van der Waals surface area contributed by atoms with Crippen LogP contribution in [0.25, 0.3) is 6.08 Å².